The Balaban J connectivity index is 1.49. The molecular formula is C19H22N2O8. The van der Waals surface area contributed by atoms with Gasteiger partial charge in [-0.05, 0) is 18.1 Å². The molecular weight excluding hydrogens is 384 g/mol. The third-order valence-electron chi connectivity index (χ3n) is 5.12. The van der Waals surface area contributed by atoms with Crippen molar-refractivity contribution in [2.24, 2.45) is 17.8 Å². The molecule has 10 nitrogen and oxygen atoms in total. The van der Waals surface area contributed by atoms with E-state index in [4.69, 9.17) is 14.2 Å². The Morgan fingerprint density at radius 3 is 2.72 bits per heavy atom. The highest BCUT2D eigenvalue weighted by atomic mass is 16.6. The molecule has 0 radical (unpaired) electrons. The van der Waals surface area contributed by atoms with Crippen molar-refractivity contribution in [2.45, 2.75) is 19.8 Å². The van der Waals surface area contributed by atoms with E-state index in [-0.39, 0.29) is 31.1 Å². The third-order valence-corrected chi connectivity index (χ3v) is 5.12. The standard InChI is InChI=1S/C19H22N2O8/c1-11-6-15(22)13(14(11)9-21(25)26)8-19(24)29-10-18(23)20-12-2-3-16-17(7-12)28-5-4-27-16/h2-3,7,11,13-14H,4-6,8-10H2,1H3,(H,20,23)/t11-,13+,14+/m0/s1. The van der Waals surface area contributed by atoms with Crippen LogP contribution in [0.2, 0.25) is 0 Å². The first-order valence-corrected chi connectivity index (χ1v) is 9.33. The third kappa shape index (κ3) is 5.21. The van der Waals surface area contributed by atoms with Gasteiger partial charge in [-0.2, -0.15) is 0 Å². The van der Waals surface area contributed by atoms with Gasteiger partial charge < -0.3 is 19.5 Å². The number of benzene rings is 1. The number of nitrogens with zero attached hydrogens (tertiary/aromatic N) is 1. The average Bonchev–Trinajstić information content (AvgIpc) is 2.93. The maximum absolute atomic E-state index is 12.1. The second-order valence-corrected chi connectivity index (χ2v) is 7.20. The van der Waals surface area contributed by atoms with Gasteiger partial charge in [0.25, 0.3) is 5.91 Å². The normalized spacial score (nSPS) is 22.8. The number of carbonyl (C=O) groups excluding carboxylic acids is 3. The molecule has 10 heteroatoms. The van der Waals surface area contributed by atoms with Crippen LogP contribution in [0.1, 0.15) is 19.8 Å². The number of ether oxygens (including phenoxy) is 3. The van der Waals surface area contributed by atoms with Crippen molar-refractivity contribution in [2.75, 3.05) is 31.7 Å². The Bertz CT molecular complexity index is 824. The Morgan fingerprint density at radius 2 is 2.00 bits per heavy atom. The molecule has 29 heavy (non-hydrogen) atoms. The lowest BCUT2D eigenvalue weighted by Gasteiger charge is -2.19. The van der Waals surface area contributed by atoms with Gasteiger partial charge in [0.15, 0.2) is 18.1 Å². The number of rotatable bonds is 7. The topological polar surface area (TPSA) is 134 Å². The second kappa shape index (κ2) is 8.89. The number of nitrogens with one attached hydrogen (secondary N) is 1. The van der Waals surface area contributed by atoms with E-state index < -0.39 is 35.2 Å². The van der Waals surface area contributed by atoms with Crippen molar-refractivity contribution >= 4 is 23.3 Å². The molecule has 156 valence electrons. The van der Waals surface area contributed by atoms with Gasteiger partial charge in [-0.25, -0.2) is 0 Å². The van der Waals surface area contributed by atoms with Gasteiger partial charge in [-0.15, -0.1) is 0 Å². The number of fused-ring (bicyclic) bond motifs is 1. The number of ketones is 1. The fourth-order valence-electron chi connectivity index (χ4n) is 3.70. The summed E-state index contributed by atoms with van der Waals surface area (Å²) in [5.74, 6) is -1.78. The molecule has 0 bridgehead atoms. The monoisotopic (exact) mass is 406 g/mol. The van der Waals surface area contributed by atoms with E-state index in [1.165, 1.54) is 0 Å². The molecule has 1 N–H and O–H groups in total. The molecule has 0 saturated heterocycles. The van der Waals surface area contributed by atoms with Crippen LogP contribution in [0.4, 0.5) is 5.69 Å². The fraction of sp³-hybridized carbons (Fsp3) is 0.526. The lowest BCUT2D eigenvalue weighted by molar-refractivity contribution is -0.490. The Kier molecular flexibility index (Phi) is 6.30. The number of nitro groups is 1. The summed E-state index contributed by atoms with van der Waals surface area (Å²) in [6, 6.07) is 4.90. The zero-order valence-electron chi connectivity index (χ0n) is 15.9. The summed E-state index contributed by atoms with van der Waals surface area (Å²) in [5.41, 5.74) is 0.459. The van der Waals surface area contributed by atoms with Crippen LogP contribution in [0, 0.1) is 27.9 Å². The predicted octanol–water partition coefficient (Wildman–Crippen LogP) is 1.45. The first kappa shape index (κ1) is 20.6. The molecule has 1 aliphatic carbocycles. The molecule has 1 saturated carbocycles. The first-order valence-electron chi connectivity index (χ1n) is 9.33. The number of esters is 1. The van der Waals surface area contributed by atoms with Crippen molar-refractivity contribution in [3.8, 4) is 11.5 Å². The Hall–Kier alpha value is -3.17. The number of anilines is 1. The predicted molar refractivity (Wildman–Crippen MR) is 99.3 cm³/mol. The van der Waals surface area contributed by atoms with Gasteiger partial charge >= 0.3 is 5.97 Å². The van der Waals surface area contributed by atoms with E-state index in [1.807, 2.05) is 0 Å². The number of hydrogen-bond donors (Lipinski definition) is 1. The van der Waals surface area contributed by atoms with E-state index in [0.29, 0.717) is 30.4 Å². The summed E-state index contributed by atoms with van der Waals surface area (Å²) in [6.45, 7) is 1.74. The van der Waals surface area contributed by atoms with E-state index >= 15 is 0 Å². The summed E-state index contributed by atoms with van der Waals surface area (Å²) >= 11 is 0. The zero-order valence-corrected chi connectivity index (χ0v) is 15.9. The lowest BCUT2D eigenvalue weighted by Crippen LogP contribution is -2.28. The van der Waals surface area contributed by atoms with Crippen LogP contribution in [0.15, 0.2) is 18.2 Å². The van der Waals surface area contributed by atoms with Crippen LogP contribution in [-0.4, -0.2) is 48.9 Å². The molecule has 3 rings (SSSR count). The molecule has 1 heterocycles. The van der Waals surface area contributed by atoms with Crippen molar-refractivity contribution in [3.05, 3.63) is 28.3 Å². The molecule has 0 spiro atoms. The van der Waals surface area contributed by atoms with Gasteiger partial charge in [0.2, 0.25) is 6.54 Å². The zero-order chi connectivity index (χ0) is 21.0. The number of amides is 1. The summed E-state index contributed by atoms with van der Waals surface area (Å²) in [5, 5.41) is 13.4. The van der Waals surface area contributed by atoms with Crippen LogP contribution in [0.25, 0.3) is 0 Å². The minimum Gasteiger partial charge on any atom is -0.486 e. The highest BCUT2D eigenvalue weighted by Crippen LogP contribution is 2.36. The summed E-state index contributed by atoms with van der Waals surface area (Å²) in [7, 11) is 0. The van der Waals surface area contributed by atoms with Gasteiger partial charge in [0.05, 0.1) is 6.42 Å². The highest BCUT2D eigenvalue weighted by Gasteiger charge is 2.44. The van der Waals surface area contributed by atoms with Crippen molar-refractivity contribution in [3.63, 3.8) is 0 Å². The molecule has 1 amide bonds. The number of hydrogen-bond acceptors (Lipinski definition) is 8. The Labute approximate surface area is 166 Å². The summed E-state index contributed by atoms with van der Waals surface area (Å²) < 4.78 is 15.8. The molecule has 0 aromatic heterocycles. The van der Waals surface area contributed by atoms with Crippen LogP contribution < -0.4 is 14.8 Å². The fourth-order valence-corrected chi connectivity index (χ4v) is 3.70. The molecule has 3 atom stereocenters. The SMILES string of the molecule is C[C@H]1CC(=O)[C@H](CC(=O)OCC(=O)Nc2ccc3c(c2)OCCO3)[C@@H]1C[N+](=O)[O-]. The smallest absolute Gasteiger partial charge is 0.307 e. The van der Waals surface area contributed by atoms with Gasteiger partial charge in [0, 0.05) is 34.9 Å². The minimum absolute atomic E-state index is 0.163. The largest absolute Gasteiger partial charge is 0.486 e. The van der Waals surface area contributed by atoms with Crippen molar-refractivity contribution in [1.29, 1.82) is 0 Å². The maximum atomic E-state index is 12.1. The molecule has 1 aromatic carbocycles. The maximum Gasteiger partial charge on any atom is 0.307 e. The van der Waals surface area contributed by atoms with Crippen molar-refractivity contribution < 1.29 is 33.5 Å². The van der Waals surface area contributed by atoms with Gasteiger partial charge in [-0.1, -0.05) is 6.92 Å². The van der Waals surface area contributed by atoms with E-state index in [0.717, 1.165) is 0 Å². The second-order valence-electron chi connectivity index (χ2n) is 7.20. The first-order chi connectivity index (χ1) is 13.8. The summed E-state index contributed by atoms with van der Waals surface area (Å²) in [6.07, 6.45) is -0.0555. The van der Waals surface area contributed by atoms with Crippen LogP contribution in [-0.2, 0) is 19.1 Å². The van der Waals surface area contributed by atoms with Crippen LogP contribution in [0.3, 0.4) is 0 Å². The molecule has 1 aliphatic heterocycles. The van der Waals surface area contributed by atoms with E-state index in [2.05, 4.69) is 5.32 Å². The van der Waals surface area contributed by atoms with Gasteiger partial charge in [0.1, 0.15) is 19.0 Å². The van der Waals surface area contributed by atoms with E-state index in [9.17, 15) is 24.5 Å². The number of carbonyl (C=O) groups is 3. The van der Waals surface area contributed by atoms with Crippen LogP contribution in [0.5, 0.6) is 11.5 Å². The van der Waals surface area contributed by atoms with Crippen molar-refractivity contribution in [1.82, 2.24) is 0 Å². The highest BCUT2D eigenvalue weighted by molar-refractivity contribution is 5.93. The van der Waals surface area contributed by atoms with E-state index in [1.54, 1.807) is 25.1 Å². The summed E-state index contributed by atoms with van der Waals surface area (Å²) in [4.78, 5) is 46.5. The molecule has 0 unspecified atom stereocenters. The number of Topliss-reactive ketones (excluding diaryl/α,β-unsaturated/α-hetero) is 1. The molecule has 1 aromatic rings. The molecule has 1 fully saturated rings. The quantitative estimate of drug-likeness (QED) is 0.408. The lowest BCUT2D eigenvalue weighted by atomic mass is 9.88. The minimum atomic E-state index is -0.747. The average molecular weight is 406 g/mol. The van der Waals surface area contributed by atoms with Gasteiger partial charge in [-0.3, -0.25) is 24.5 Å². The molecule has 2 aliphatic rings. The Morgan fingerprint density at radius 1 is 1.28 bits per heavy atom. The van der Waals surface area contributed by atoms with Crippen LogP contribution >= 0.6 is 0 Å².